The van der Waals surface area contributed by atoms with Crippen molar-refractivity contribution in [1.29, 1.82) is 0 Å². The SMILES string of the molecule is Cc1cc(N2CCN(c3cnccn3)CC2)nc(N2CCCC2)n1. The molecule has 0 unspecified atom stereocenters. The summed E-state index contributed by atoms with van der Waals surface area (Å²) in [5.74, 6) is 2.89. The largest absolute Gasteiger partial charge is 0.353 e. The van der Waals surface area contributed by atoms with Gasteiger partial charge < -0.3 is 14.7 Å². The zero-order valence-electron chi connectivity index (χ0n) is 14.1. The van der Waals surface area contributed by atoms with Crippen molar-refractivity contribution in [3.63, 3.8) is 0 Å². The zero-order valence-corrected chi connectivity index (χ0v) is 14.1. The van der Waals surface area contributed by atoms with Crippen LogP contribution in [0.3, 0.4) is 0 Å². The molecule has 2 aliphatic rings. The van der Waals surface area contributed by atoms with Crippen LogP contribution in [0.4, 0.5) is 17.6 Å². The molecule has 4 heterocycles. The number of anilines is 3. The summed E-state index contributed by atoms with van der Waals surface area (Å²) in [6, 6.07) is 2.09. The second-order valence-corrected chi connectivity index (χ2v) is 6.40. The van der Waals surface area contributed by atoms with Crippen molar-refractivity contribution in [3.05, 3.63) is 30.4 Å². The fourth-order valence-corrected chi connectivity index (χ4v) is 3.38. The third-order valence-electron chi connectivity index (χ3n) is 4.69. The lowest BCUT2D eigenvalue weighted by atomic mass is 10.3. The Morgan fingerprint density at radius 1 is 0.792 bits per heavy atom. The standard InChI is InChI=1S/C17H23N7/c1-14-12-15(21-17(20-14)24-6-2-3-7-24)22-8-10-23(11-9-22)16-13-18-4-5-19-16/h4-5,12-13H,2-3,6-11H2,1H3. The predicted octanol–water partition coefficient (Wildman–Crippen LogP) is 1.50. The fourth-order valence-electron chi connectivity index (χ4n) is 3.38. The Morgan fingerprint density at radius 2 is 1.50 bits per heavy atom. The third kappa shape index (κ3) is 3.11. The van der Waals surface area contributed by atoms with Gasteiger partial charge in [-0.15, -0.1) is 0 Å². The number of hydrogen-bond acceptors (Lipinski definition) is 7. The van der Waals surface area contributed by atoms with Gasteiger partial charge in [-0.05, 0) is 19.8 Å². The molecule has 2 aromatic heterocycles. The van der Waals surface area contributed by atoms with Gasteiger partial charge in [0.05, 0.1) is 6.20 Å². The molecule has 0 atom stereocenters. The molecule has 2 fully saturated rings. The maximum Gasteiger partial charge on any atom is 0.227 e. The molecule has 0 aromatic carbocycles. The van der Waals surface area contributed by atoms with Crippen LogP contribution in [0.1, 0.15) is 18.5 Å². The molecule has 2 saturated heterocycles. The molecular weight excluding hydrogens is 302 g/mol. The number of rotatable bonds is 3. The highest BCUT2D eigenvalue weighted by molar-refractivity contribution is 5.48. The van der Waals surface area contributed by atoms with Crippen LogP contribution in [-0.4, -0.2) is 59.2 Å². The summed E-state index contributed by atoms with van der Waals surface area (Å²) in [7, 11) is 0. The molecule has 0 bridgehead atoms. The maximum atomic E-state index is 4.83. The van der Waals surface area contributed by atoms with E-state index in [-0.39, 0.29) is 0 Å². The van der Waals surface area contributed by atoms with Crippen LogP contribution in [0, 0.1) is 6.92 Å². The molecule has 0 spiro atoms. The van der Waals surface area contributed by atoms with Gasteiger partial charge in [0.2, 0.25) is 5.95 Å². The molecule has 7 heteroatoms. The average molecular weight is 325 g/mol. The van der Waals surface area contributed by atoms with Crippen molar-refractivity contribution >= 4 is 17.6 Å². The minimum absolute atomic E-state index is 0.888. The smallest absolute Gasteiger partial charge is 0.227 e. The van der Waals surface area contributed by atoms with E-state index in [0.717, 1.165) is 62.5 Å². The Hall–Kier alpha value is -2.44. The molecule has 4 rings (SSSR count). The predicted molar refractivity (Wildman–Crippen MR) is 94.7 cm³/mol. The molecular formula is C17H23N7. The Morgan fingerprint density at radius 3 is 2.17 bits per heavy atom. The number of aryl methyl sites for hydroxylation is 1. The molecule has 7 nitrogen and oxygen atoms in total. The van der Waals surface area contributed by atoms with E-state index in [1.807, 2.05) is 6.20 Å². The molecule has 24 heavy (non-hydrogen) atoms. The summed E-state index contributed by atoms with van der Waals surface area (Å²) in [5, 5.41) is 0. The van der Waals surface area contributed by atoms with Gasteiger partial charge in [-0.3, -0.25) is 4.98 Å². The summed E-state index contributed by atoms with van der Waals surface area (Å²) < 4.78 is 0. The molecule has 0 N–H and O–H groups in total. The van der Waals surface area contributed by atoms with Gasteiger partial charge in [0, 0.05) is 63.4 Å². The first-order chi connectivity index (χ1) is 11.8. The van der Waals surface area contributed by atoms with E-state index in [2.05, 4.69) is 42.6 Å². The van der Waals surface area contributed by atoms with E-state index >= 15 is 0 Å². The first-order valence-corrected chi connectivity index (χ1v) is 8.66. The van der Waals surface area contributed by atoms with Crippen LogP contribution in [0.5, 0.6) is 0 Å². The van der Waals surface area contributed by atoms with E-state index in [1.165, 1.54) is 12.8 Å². The Labute approximate surface area is 142 Å². The quantitative estimate of drug-likeness (QED) is 0.847. The summed E-state index contributed by atoms with van der Waals surface area (Å²) in [6.07, 6.45) is 7.77. The topological polar surface area (TPSA) is 61.3 Å². The Kier molecular flexibility index (Phi) is 4.15. The van der Waals surface area contributed by atoms with Crippen molar-refractivity contribution in [1.82, 2.24) is 19.9 Å². The zero-order chi connectivity index (χ0) is 16.4. The highest BCUT2D eigenvalue weighted by Gasteiger charge is 2.22. The third-order valence-corrected chi connectivity index (χ3v) is 4.69. The van der Waals surface area contributed by atoms with Gasteiger partial charge in [0.1, 0.15) is 11.6 Å². The van der Waals surface area contributed by atoms with E-state index in [0.29, 0.717) is 0 Å². The van der Waals surface area contributed by atoms with Gasteiger partial charge >= 0.3 is 0 Å². The highest BCUT2D eigenvalue weighted by Crippen LogP contribution is 2.22. The second-order valence-electron chi connectivity index (χ2n) is 6.40. The Bertz CT molecular complexity index is 677. The molecule has 0 aliphatic carbocycles. The van der Waals surface area contributed by atoms with Gasteiger partial charge in [0.15, 0.2) is 0 Å². The van der Waals surface area contributed by atoms with Gasteiger partial charge in [0.25, 0.3) is 0 Å². The van der Waals surface area contributed by atoms with Crippen LogP contribution < -0.4 is 14.7 Å². The molecule has 2 aliphatic heterocycles. The van der Waals surface area contributed by atoms with Crippen LogP contribution in [-0.2, 0) is 0 Å². The van der Waals surface area contributed by atoms with Crippen LogP contribution in [0.25, 0.3) is 0 Å². The lowest BCUT2D eigenvalue weighted by Gasteiger charge is -2.36. The summed E-state index contributed by atoms with van der Waals surface area (Å²) in [4.78, 5) is 24.9. The van der Waals surface area contributed by atoms with E-state index in [4.69, 9.17) is 4.98 Å². The fraction of sp³-hybridized carbons (Fsp3) is 0.529. The van der Waals surface area contributed by atoms with Crippen molar-refractivity contribution < 1.29 is 0 Å². The number of piperazine rings is 1. The minimum atomic E-state index is 0.888. The van der Waals surface area contributed by atoms with Crippen molar-refractivity contribution in [2.75, 3.05) is 54.0 Å². The van der Waals surface area contributed by atoms with Crippen molar-refractivity contribution in [3.8, 4) is 0 Å². The second kappa shape index (κ2) is 6.59. The molecule has 0 amide bonds. The number of aromatic nitrogens is 4. The number of hydrogen-bond donors (Lipinski definition) is 0. The molecule has 0 radical (unpaired) electrons. The Balaban J connectivity index is 1.47. The van der Waals surface area contributed by atoms with Crippen LogP contribution in [0.2, 0.25) is 0 Å². The summed E-state index contributed by atoms with van der Waals surface area (Å²) in [6.45, 7) is 7.94. The van der Waals surface area contributed by atoms with E-state index in [9.17, 15) is 0 Å². The maximum absolute atomic E-state index is 4.83. The lowest BCUT2D eigenvalue weighted by Crippen LogP contribution is -2.47. The van der Waals surface area contributed by atoms with Crippen LogP contribution in [0.15, 0.2) is 24.7 Å². The van der Waals surface area contributed by atoms with Crippen molar-refractivity contribution in [2.45, 2.75) is 19.8 Å². The summed E-state index contributed by atoms with van der Waals surface area (Å²) >= 11 is 0. The lowest BCUT2D eigenvalue weighted by molar-refractivity contribution is 0.639. The normalized spacial score (nSPS) is 18.3. The average Bonchev–Trinajstić information content (AvgIpc) is 3.17. The first kappa shape index (κ1) is 15.1. The molecule has 126 valence electrons. The monoisotopic (exact) mass is 325 g/mol. The summed E-state index contributed by atoms with van der Waals surface area (Å²) in [5.41, 5.74) is 1.04. The van der Waals surface area contributed by atoms with Gasteiger partial charge in [-0.1, -0.05) is 0 Å². The number of nitrogens with zero attached hydrogens (tertiary/aromatic N) is 7. The molecule has 2 aromatic rings. The van der Waals surface area contributed by atoms with Crippen LogP contribution >= 0.6 is 0 Å². The minimum Gasteiger partial charge on any atom is -0.353 e. The molecule has 0 saturated carbocycles. The van der Waals surface area contributed by atoms with Gasteiger partial charge in [-0.25, -0.2) is 9.97 Å². The van der Waals surface area contributed by atoms with Gasteiger partial charge in [-0.2, -0.15) is 4.98 Å². The highest BCUT2D eigenvalue weighted by atomic mass is 15.3. The van der Waals surface area contributed by atoms with E-state index in [1.54, 1.807) is 12.4 Å². The first-order valence-electron chi connectivity index (χ1n) is 8.66. The van der Waals surface area contributed by atoms with E-state index < -0.39 is 0 Å². The van der Waals surface area contributed by atoms with Crippen molar-refractivity contribution in [2.24, 2.45) is 0 Å².